The number of nitrogens with one attached hydrogen (secondary N) is 1. The lowest BCUT2D eigenvalue weighted by atomic mass is 9.72. The summed E-state index contributed by atoms with van der Waals surface area (Å²) < 4.78 is 52.0. The molecule has 0 amide bonds. The van der Waals surface area contributed by atoms with Crippen molar-refractivity contribution < 1.29 is 77.8 Å². The number of fused-ring (bicyclic) bond motifs is 1. The average molecular weight is 1120 g/mol. The third-order valence-electron chi connectivity index (χ3n) is 16.8. The zero-order valence-electron chi connectivity index (χ0n) is 48.9. The van der Waals surface area contributed by atoms with Crippen molar-refractivity contribution in [2.45, 2.75) is 218 Å². The van der Waals surface area contributed by atoms with Crippen molar-refractivity contribution in [3.8, 4) is 0 Å². The molecule has 3 aliphatic heterocycles. The number of aromatic nitrogens is 1. The van der Waals surface area contributed by atoms with Gasteiger partial charge in [-0.3, -0.25) is 14.4 Å². The van der Waals surface area contributed by atoms with Gasteiger partial charge in [-0.05, 0) is 118 Å². The number of esters is 2. The van der Waals surface area contributed by atoms with Gasteiger partial charge in [0.15, 0.2) is 18.7 Å². The topological polar surface area (TPSA) is 293 Å². The quantitative estimate of drug-likeness (QED) is 0.0567. The number of carboxylic acid groups (broad SMARTS) is 1. The Hall–Kier alpha value is -4.04. The van der Waals surface area contributed by atoms with Gasteiger partial charge < -0.3 is 78.2 Å². The molecule has 0 radical (unpaired) electrons. The highest BCUT2D eigenvalue weighted by molar-refractivity contribution is 5.92. The fourth-order valence-corrected chi connectivity index (χ4v) is 12.2. The molecule has 1 aromatic heterocycles. The predicted octanol–water partition coefficient (Wildman–Crippen LogP) is 4.56. The number of nitroso groups, excluding NO2 is 1. The van der Waals surface area contributed by atoms with Crippen LogP contribution in [0, 0.1) is 28.6 Å². The number of cyclic esters (lactones) is 1. The number of pyridine rings is 1. The van der Waals surface area contributed by atoms with E-state index in [9.17, 15) is 49.6 Å². The predicted molar refractivity (Wildman–Crippen MR) is 292 cm³/mol. The number of benzene rings is 1. The molecule has 1 unspecified atom stereocenters. The zero-order chi connectivity index (χ0) is 58.9. The number of rotatable bonds is 21. The van der Waals surface area contributed by atoms with Crippen LogP contribution in [-0.4, -0.2) is 191 Å². The number of carbonyl (C=O) groups is 3. The van der Waals surface area contributed by atoms with Crippen LogP contribution < -0.4 is 10.7 Å². The van der Waals surface area contributed by atoms with Crippen LogP contribution in [0.1, 0.15) is 131 Å². The summed E-state index contributed by atoms with van der Waals surface area (Å²) in [6.07, 6.45) is -7.72. The van der Waals surface area contributed by atoms with Gasteiger partial charge in [0, 0.05) is 69.2 Å². The Kier molecular flexibility index (Phi) is 23.6. The third-order valence-corrected chi connectivity index (χ3v) is 16.8. The lowest BCUT2D eigenvalue weighted by Crippen LogP contribution is -2.61. The standard InChI is InChI=1S/C57H92N4O18/c1-15-42-57(11,70)49(65)33(5)45(59-71)31(3)28-55(9,69)50(79-54-47(64)41(60(12)13)26-32(4)74-54)34(6)48(35(7)53(68)76-42)78-44-29-56(10,72-14)51(36(8)75-44)77-43(62)21-22-58-23-25-73-24-17-18-37-19-20-40-38(27-37)46(63)39(52(66)67)30-61(40)16-2/h19-20,27,30-36,41-42,44-45,47-51,54,58,64-65,69-70H,15-18,21-26,28-29H2,1-14H3,(H,66,67)/t31-,32+,33-,34+,35-,36+,41+,42-,44+,45?,47-,48+,49-,50-,51+,54-,55-,56-,57-/m1/s1. The molecule has 0 saturated carbocycles. The van der Waals surface area contributed by atoms with Crippen LogP contribution in [0.4, 0.5) is 0 Å². The second-order valence-corrected chi connectivity index (χ2v) is 23.3. The van der Waals surface area contributed by atoms with Crippen molar-refractivity contribution in [1.82, 2.24) is 14.8 Å². The summed E-state index contributed by atoms with van der Waals surface area (Å²) >= 11 is 0. The minimum Gasteiger partial charge on any atom is -0.477 e. The summed E-state index contributed by atoms with van der Waals surface area (Å²) in [4.78, 5) is 67.0. The number of aryl methyl sites for hydroxylation is 2. The second-order valence-electron chi connectivity index (χ2n) is 23.3. The van der Waals surface area contributed by atoms with Crippen LogP contribution in [0.3, 0.4) is 0 Å². The number of aromatic carboxylic acids is 1. The summed E-state index contributed by atoms with van der Waals surface area (Å²) in [5.74, 6) is -6.31. The number of carboxylic acids is 1. The van der Waals surface area contributed by atoms with E-state index in [0.717, 1.165) is 5.56 Å². The van der Waals surface area contributed by atoms with Crippen LogP contribution in [0.15, 0.2) is 34.4 Å². The number of carbonyl (C=O) groups excluding carboxylic acids is 2. The molecule has 3 fully saturated rings. The van der Waals surface area contributed by atoms with E-state index < -0.39 is 125 Å². The number of hydrogen-bond donors (Lipinski definition) is 6. The molecule has 3 saturated heterocycles. The molecular formula is C57H92N4O18. The lowest BCUT2D eigenvalue weighted by molar-refractivity contribution is -0.319. The Bertz CT molecular complexity index is 2400. The van der Waals surface area contributed by atoms with Crippen molar-refractivity contribution in [3.63, 3.8) is 0 Å². The van der Waals surface area contributed by atoms with Gasteiger partial charge in [0.2, 0.25) is 5.43 Å². The number of aliphatic hydroxyl groups is 4. The van der Waals surface area contributed by atoms with E-state index in [4.69, 9.17) is 37.9 Å². The van der Waals surface area contributed by atoms with Crippen LogP contribution >= 0.6 is 0 Å². The maximum absolute atomic E-state index is 14.5. The molecule has 19 atom stereocenters. The van der Waals surface area contributed by atoms with E-state index in [1.807, 2.05) is 45.0 Å². The summed E-state index contributed by atoms with van der Waals surface area (Å²) in [6, 6.07) is 4.01. The Labute approximate surface area is 465 Å². The van der Waals surface area contributed by atoms with E-state index in [1.54, 1.807) is 59.1 Å². The number of hydrogen-bond acceptors (Lipinski definition) is 20. The zero-order valence-corrected chi connectivity index (χ0v) is 48.9. The second kappa shape index (κ2) is 28.3. The molecule has 79 heavy (non-hydrogen) atoms. The van der Waals surface area contributed by atoms with E-state index >= 15 is 0 Å². The smallest absolute Gasteiger partial charge is 0.341 e. The first-order chi connectivity index (χ1) is 37.1. The van der Waals surface area contributed by atoms with Gasteiger partial charge in [-0.1, -0.05) is 38.9 Å². The molecular weight excluding hydrogens is 1030 g/mol. The first kappa shape index (κ1) is 65.8. The van der Waals surface area contributed by atoms with Gasteiger partial charge in [0.1, 0.15) is 29.0 Å². The number of aliphatic hydroxyl groups excluding tert-OH is 2. The fraction of sp³-hybridized carbons (Fsp3) is 0.789. The highest BCUT2D eigenvalue weighted by atomic mass is 16.7. The van der Waals surface area contributed by atoms with Gasteiger partial charge in [-0.25, -0.2) is 4.79 Å². The molecule has 448 valence electrons. The highest BCUT2D eigenvalue weighted by Gasteiger charge is 2.55. The van der Waals surface area contributed by atoms with E-state index in [1.165, 1.54) is 27.2 Å². The first-order valence-corrected chi connectivity index (χ1v) is 28.1. The molecule has 4 heterocycles. The summed E-state index contributed by atoms with van der Waals surface area (Å²) in [5.41, 5.74) is -4.26. The molecule has 0 bridgehead atoms. The molecule has 1 aromatic carbocycles. The van der Waals surface area contributed by atoms with Crippen LogP contribution in [0.25, 0.3) is 10.9 Å². The van der Waals surface area contributed by atoms with Crippen molar-refractivity contribution in [2.24, 2.45) is 28.8 Å². The van der Waals surface area contributed by atoms with Gasteiger partial charge in [0.25, 0.3) is 0 Å². The maximum Gasteiger partial charge on any atom is 0.341 e. The molecule has 5 rings (SSSR count). The lowest BCUT2D eigenvalue weighted by Gasteiger charge is -2.49. The summed E-state index contributed by atoms with van der Waals surface area (Å²) in [5, 5.41) is 64.5. The number of ether oxygens (including phenoxy) is 8. The van der Waals surface area contributed by atoms with Crippen molar-refractivity contribution >= 4 is 28.8 Å². The van der Waals surface area contributed by atoms with Crippen molar-refractivity contribution in [3.05, 3.63) is 50.7 Å². The van der Waals surface area contributed by atoms with Crippen LogP contribution in [0.5, 0.6) is 0 Å². The largest absolute Gasteiger partial charge is 0.477 e. The fourth-order valence-electron chi connectivity index (χ4n) is 12.2. The minimum absolute atomic E-state index is 0.00586. The van der Waals surface area contributed by atoms with Gasteiger partial charge in [-0.15, -0.1) is 0 Å². The Morgan fingerprint density at radius 1 is 0.937 bits per heavy atom. The Morgan fingerprint density at radius 2 is 1.63 bits per heavy atom. The highest BCUT2D eigenvalue weighted by Crippen LogP contribution is 2.42. The van der Waals surface area contributed by atoms with Gasteiger partial charge in [0.05, 0.1) is 66.6 Å². The molecule has 0 aliphatic carbocycles. The molecule has 22 heteroatoms. The number of likely N-dealkylation sites (N-methyl/N-ethyl adjacent to an activating group) is 1. The summed E-state index contributed by atoms with van der Waals surface area (Å²) in [7, 11) is 5.15. The molecule has 0 spiro atoms. The SMILES string of the molecule is CC[C@H]1OC(=O)[C@H](C)[C@@H](O[C@H]2C[C@@](C)(OC)[C@@H](OC(=O)CCNCCOCCCc3ccc4c(c3)c(=O)c(C(=O)O)cn4CC)[C@H](C)O2)[C@H](C)[C@@H](O[C@H]2O[C@@H](C)C[C@H](N(C)C)[C@H]2O)[C@](C)(O)C[C@@H](C)C(N=O)[C@@H](C)[C@@H](O)[C@]1(C)O. The van der Waals surface area contributed by atoms with Crippen LogP contribution in [-0.2, 0) is 60.4 Å². The molecule has 3 aliphatic rings. The first-order valence-electron chi connectivity index (χ1n) is 28.1. The normalized spacial score (nSPS) is 37.1. The number of methoxy groups -OCH3 is 1. The van der Waals surface area contributed by atoms with E-state index in [2.05, 4.69) is 10.5 Å². The van der Waals surface area contributed by atoms with Gasteiger partial charge >= 0.3 is 17.9 Å². The van der Waals surface area contributed by atoms with Crippen molar-refractivity contribution in [1.29, 1.82) is 0 Å². The molecule has 2 aromatic rings. The third kappa shape index (κ3) is 15.7. The van der Waals surface area contributed by atoms with E-state index in [0.29, 0.717) is 63.0 Å². The Morgan fingerprint density at radius 3 is 2.25 bits per heavy atom. The minimum atomic E-state index is -2.04. The van der Waals surface area contributed by atoms with Gasteiger partial charge in [-0.2, -0.15) is 4.91 Å². The molecule has 6 N–H and O–H groups in total. The number of nitrogens with zero attached hydrogens (tertiary/aromatic N) is 3. The average Bonchev–Trinajstić information content (AvgIpc) is 3.45. The summed E-state index contributed by atoms with van der Waals surface area (Å²) in [6.45, 7) is 20.5. The van der Waals surface area contributed by atoms with E-state index in [-0.39, 0.29) is 43.4 Å². The molecule has 22 nitrogen and oxygen atoms in total. The maximum atomic E-state index is 14.5. The Balaban J connectivity index is 1.27. The monoisotopic (exact) mass is 1120 g/mol. The van der Waals surface area contributed by atoms with Crippen LogP contribution in [0.2, 0.25) is 0 Å². The van der Waals surface area contributed by atoms with Crippen molar-refractivity contribution in [2.75, 3.05) is 47.5 Å².